The number of anilines is 2. The molecule has 124 valence electrons. The number of rotatable bonds is 4. The first-order chi connectivity index (χ1) is 11.5. The number of aromatic nitrogens is 3. The van der Waals surface area contributed by atoms with Gasteiger partial charge in [-0.05, 0) is 36.4 Å². The van der Waals surface area contributed by atoms with Crippen LogP contribution >= 0.6 is 0 Å². The van der Waals surface area contributed by atoms with Gasteiger partial charge in [0.1, 0.15) is 17.3 Å². The van der Waals surface area contributed by atoms with E-state index in [-0.39, 0.29) is 11.6 Å². The van der Waals surface area contributed by atoms with Crippen LogP contribution < -0.4 is 9.64 Å². The van der Waals surface area contributed by atoms with Crippen LogP contribution in [0.4, 0.5) is 16.0 Å². The van der Waals surface area contributed by atoms with E-state index >= 15 is 0 Å². The fourth-order valence-electron chi connectivity index (χ4n) is 2.49. The van der Waals surface area contributed by atoms with E-state index in [0.717, 1.165) is 5.69 Å². The Labute approximate surface area is 138 Å². The molecule has 0 bridgehead atoms. The van der Waals surface area contributed by atoms with E-state index in [1.807, 2.05) is 19.0 Å². The molecule has 0 atom stereocenters. The van der Waals surface area contributed by atoms with Gasteiger partial charge in [0.25, 0.3) is 0 Å². The highest BCUT2D eigenvalue weighted by molar-refractivity contribution is 5.68. The summed E-state index contributed by atoms with van der Waals surface area (Å²) >= 11 is 0. The summed E-state index contributed by atoms with van der Waals surface area (Å²) in [5, 5.41) is 18.0. The second-order valence-electron chi connectivity index (χ2n) is 5.30. The van der Waals surface area contributed by atoms with Crippen molar-refractivity contribution in [2.45, 2.75) is 0 Å². The van der Waals surface area contributed by atoms with Crippen LogP contribution in [-0.4, -0.2) is 34.0 Å². The maximum absolute atomic E-state index is 13.1. The van der Waals surface area contributed by atoms with E-state index in [2.05, 4.69) is 10.2 Å². The first-order valence-corrected chi connectivity index (χ1v) is 7.27. The van der Waals surface area contributed by atoms with Crippen LogP contribution in [0.2, 0.25) is 0 Å². The molecule has 0 amide bonds. The van der Waals surface area contributed by atoms with Gasteiger partial charge < -0.3 is 14.7 Å². The predicted octanol–water partition coefficient (Wildman–Crippen LogP) is 3.10. The molecule has 2 aromatic carbocycles. The molecule has 7 heteroatoms. The number of phenolic OH excluding ortho intramolecular Hbond substituents is 1. The molecule has 24 heavy (non-hydrogen) atoms. The highest BCUT2D eigenvalue weighted by Gasteiger charge is 2.18. The van der Waals surface area contributed by atoms with Crippen molar-refractivity contribution in [3.8, 4) is 22.9 Å². The molecule has 0 aliphatic carbocycles. The third-order valence-electron chi connectivity index (χ3n) is 3.79. The molecule has 0 aliphatic rings. The number of aromatic hydroxyl groups is 1. The van der Waals surface area contributed by atoms with Crippen LogP contribution in [0.15, 0.2) is 42.5 Å². The number of phenols is 1. The third-order valence-corrected chi connectivity index (χ3v) is 3.79. The summed E-state index contributed by atoms with van der Waals surface area (Å²) in [4.78, 5) is 1.81. The molecule has 0 fully saturated rings. The number of halogens is 1. The highest BCUT2D eigenvalue weighted by atomic mass is 19.1. The molecule has 0 spiro atoms. The van der Waals surface area contributed by atoms with Gasteiger partial charge in [-0.2, -0.15) is 0 Å². The Morgan fingerprint density at radius 1 is 1.12 bits per heavy atom. The SMILES string of the molecule is COc1cc(O)ccc1-c1nnc(N(C)c2ccc(F)cc2)n1C. The molecule has 0 radical (unpaired) electrons. The van der Waals surface area contributed by atoms with Gasteiger partial charge in [-0.15, -0.1) is 10.2 Å². The average Bonchev–Trinajstić information content (AvgIpc) is 2.96. The fourth-order valence-corrected chi connectivity index (χ4v) is 2.49. The van der Waals surface area contributed by atoms with Crippen LogP contribution in [0, 0.1) is 5.82 Å². The zero-order valence-corrected chi connectivity index (χ0v) is 13.6. The quantitative estimate of drug-likeness (QED) is 0.797. The first kappa shape index (κ1) is 15.8. The van der Waals surface area contributed by atoms with Crippen molar-refractivity contribution in [1.82, 2.24) is 14.8 Å². The lowest BCUT2D eigenvalue weighted by atomic mass is 10.2. The van der Waals surface area contributed by atoms with Crippen molar-refractivity contribution in [3.63, 3.8) is 0 Å². The minimum atomic E-state index is -0.292. The van der Waals surface area contributed by atoms with Crippen molar-refractivity contribution >= 4 is 11.6 Å². The van der Waals surface area contributed by atoms with Gasteiger partial charge in [-0.3, -0.25) is 4.57 Å². The Balaban J connectivity index is 2.01. The number of methoxy groups -OCH3 is 1. The molecule has 1 aromatic heterocycles. The van der Waals surface area contributed by atoms with Crippen LogP contribution in [0.25, 0.3) is 11.4 Å². The standard InChI is InChI=1S/C17H17FN4O2/c1-21(12-6-4-11(18)5-7-12)17-20-19-16(22(17)2)14-9-8-13(23)10-15(14)24-3/h4-10,23H,1-3H3. The zero-order valence-electron chi connectivity index (χ0n) is 13.6. The number of benzene rings is 2. The lowest BCUT2D eigenvalue weighted by Crippen LogP contribution is -2.14. The summed E-state index contributed by atoms with van der Waals surface area (Å²) in [6.45, 7) is 0. The molecule has 0 saturated carbocycles. The fraction of sp³-hybridized carbons (Fsp3) is 0.176. The van der Waals surface area contributed by atoms with E-state index in [1.54, 1.807) is 28.8 Å². The van der Waals surface area contributed by atoms with Crippen molar-refractivity contribution in [2.24, 2.45) is 7.05 Å². The topological polar surface area (TPSA) is 63.4 Å². The van der Waals surface area contributed by atoms with Crippen molar-refractivity contribution in [3.05, 3.63) is 48.3 Å². The largest absolute Gasteiger partial charge is 0.508 e. The predicted molar refractivity (Wildman–Crippen MR) is 89.1 cm³/mol. The highest BCUT2D eigenvalue weighted by Crippen LogP contribution is 2.33. The van der Waals surface area contributed by atoms with E-state index < -0.39 is 0 Å². The molecular weight excluding hydrogens is 311 g/mol. The van der Waals surface area contributed by atoms with Gasteiger partial charge in [0.05, 0.1) is 12.7 Å². The van der Waals surface area contributed by atoms with Crippen LogP contribution in [0.3, 0.4) is 0 Å². The van der Waals surface area contributed by atoms with Gasteiger partial charge in [-0.25, -0.2) is 4.39 Å². The molecule has 3 rings (SSSR count). The minimum absolute atomic E-state index is 0.112. The Morgan fingerprint density at radius 2 is 1.83 bits per heavy atom. The van der Waals surface area contributed by atoms with Crippen LogP contribution in [0.5, 0.6) is 11.5 Å². The molecule has 0 aliphatic heterocycles. The molecule has 6 nitrogen and oxygen atoms in total. The summed E-state index contributed by atoms with van der Waals surface area (Å²) in [5.41, 5.74) is 1.50. The Bertz CT molecular complexity index is 862. The number of ether oxygens (including phenoxy) is 1. The smallest absolute Gasteiger partial charge is 0.231 e. The molecule has 0 unspecified atom stereocenters. The molecule has 3 aromatic rings. The van der Waals surface area contributed by atoms with Gasteiger partial charge in [-0.1, -0.05) is 0 Å². The number of nitrogens with zero attached hydrogens (tertiary/aromatic N) is 4. The molecule has 1 N–H and O–H groups in total. The van der Waals surface area contributed by atoms with E-state index in [0.29, 0.717) is 23.1 Å². The maximum Gasteiger partial charge on any atom is 0.231 e. The molecular formula is C17H17FN4O2. The summed E-state index contributed by atoms with van der Waals surface area (Å²) < 4.78 is 20.2. The lowest BCUT2D eigenvalue weighted by molar-refractivity contribution is 0.409. The van der Waals surface area contributed by atoms with E-state index in [1.165, 1.54) is 25.3 Å². The Hall–Kier alpha value is -3.09. The monoisotopic (exact) mass is 328 g/mol. The van der Waals surface area contributed by atoms with Crippen LogP contribution in [-0.2, 0) is 7.05 Å². The average molecular weight is 328 g/mol. The van der Waals surface area contributed by atoms with Gasteiger partial charge in [0, 0.05) is 25.8 Å². The van der Waals surface area contributed by atoms with Crippen molar-refractivity contribution in [1.29, 1.82) is 0 Å². The maximum atomic E-state index is 13.1. The number of hydrogen-bond acceptors (Lipinski definition) is 5. The van der Waals surface area contributed by atoms with Gasteiger partial charge in [0.2, 0.25) is 5.95 Å². The summed E-state index contributed by atoms with van der Waals surface area (Å²) in [6.07, 6.45) is 0. The Kier molecular flexibility index (Phi) is 4.07. The lowest BCUT2D eigenvalue weighted by Gasteiger charge is -2.18. The normalized spacial score (nSPS) is 10.7. The molecule has 0 saturated heterocycles. The van der Waals surface area contributed by atoms with Gasteiger partial charge in [0.15, 0.2) is 5.82 Å². The zero-order chi connectivity index (χ0) is 17.3. The summed E-state index contributed by atoms with van der Waals surface area (Å²) in [6, 6.07) is 10.9. The van der Waals surface area contributed by atoms with E-state index in [4.69, 9.17) is 4.74 Å². The second kappa shape index (κ2) is 6.19. The van der Waals surface area contributed by atoms with E-state index in [9.17, 15) is 9.50 Å². The third kappa shape index (κ3) is 2.76. The van der Waals surface area contributed by atoms with Crippen molar-refractivity contribution < 1.29 is 14.2 Å². The van der Waals surface area contributed by atoms with Crippen LogP contribution in [0.1, 0.15) is 0 Å². The first-order valence-electron chi connectivity index (χ1n) is 7.27. The van der Waals surface area contributed by atoms with Gasteiger partial charge >= 0.3 is 0 Å². The minimum Gasteiger partial charge on any atom is -0.508 e. The Morgan fingerprint density at radius 3 is 2.50 bits per heavy atom. The van der Waals surface area contributed by atoms with Crippen molar-refractivity contribution in [2.75, 3.05) is 19.1 Å². The molecule has 1 heterocycles. The summed E-state index contributed by atoms with van der Waals surface area (Å²) in [7, 11) is 5.19. The number of hydrogen-bond donors (Lipinski definition) is 1. The second-order valence-corrected chi connectivity index (χ2v) is 5.30. The summed E-state index contributed by atoms with van der Waals surface area (Å²) in [5.74, 6) is 1.50.